The fourth-order valence-electron chi connectivity index (χ4n) is 1.33. The minimum Gasteiger partial charge on any atom is -0.495 e. The van der Waals surface area contributed by atoms with Crippen LogP contribution in [0, 0.1) is 0 Å². The number of ether oxygens (including phenoxy) is 1. The molecule has 0 aliphatic carbocycles. The van der Waals surface area contributed by atoms with Crippen molar-refractivity contribution < 1.29 is 4.74 Å². The molecule has 17 heavy (non-hydrogen) atoms. The maximum atomic E-state index is 6.01. The quantitative estimate of drug-likeness (QED) is 0.875. The summed E-state index contributed by atoms with van der Waals surface area (Å²) >= 11 is 6.01. The number of aromatic nitrogens is 2. The summed E-state index contributed by atoms with van der Waals surface area (Å²) in [5.41, 5.74) is 6.97. The summed E-state index contributed by atoms with van der Waals surface area (Å²) in [5, 5.41) is 3.57. The molecule has 0 unspecified atom stereocenters. The lowest BCUT2D eigenvalue weighted by atomic mass is 10.3. The predicted octanol–water partition coefficient (Wildman–Crippen LogP) is 2.46. The standard InChI is InChI=1S/C11H11ClN4O/c1-17-10-3-2-7(4-8(10)12)16-11-9(13)5-14-6-15-11/h2-6H,13H2,1H3,(H,14,15,16). The number of nitrogens with one attached hydrogen (secondary N) is 1. The molecule has 1 heterocycles. The summed E-state index contributed by atoms with van der Waals surface area (Å²) < 4.78 is 5.06. The van der Waals surface area contributed by atoms with E-state index in [1.54, 1.807) is 19.2 Å². The molecule has 6 heteroatoms. The van der Waals surface area contributed by atoms with Crippen LogP contribution in [0.4, 0.5) is 17.2 Å². The molecule has 88 valence electrons. The van der Waals surface area contributed by atoms with Crippen LogP contribution in [-0.2, 0) is 0 Å². The highest BCUT2D eigenvalue weighted by Gasteiger charge is 2.04. The molecule has 0 spiro atoms. The van der Waals surface area contributed by atoms with Crippen LogP contribution in [0.5, 0.6) is 5.75 Å². The average Bonchev–Trinajstić information content (AvgIpc) is 2.32. The van der Waals surface area contributed by atoms with Crippen LogP contribution in [0.2, 0.25) is 5.02 Å². The highest BCUT2D eigenvalue weighted by atomic mass is 35.5. The van der Waals surface area contributed by atoms with E-state index in [2.05, 4.69) is 15.3 Å². The molecule has 0 atom stereocenters. The second-order valence-corrected chi connectivity index (χ2v) is 3.71. The third-order valence-electron chi connectivity index (χ3n) is 2.16. The zero-order chi connectivity index (χ0) is 12.3. The summed E-state index contributed by atoms with van der Waals surface area (Å²) in [7, 11) is 1.57. The smallest absolute Gasteiger partial charge is 0.157 e. The van der Waals surface area contributed by atoms with Gasteiger partial charge in [0, 0.05) is 5.69 Å². The number of hydrogen-bond donors (Lipinski definition) is 2. The third-order valence-corrected chi connectivity index (χ3v) is 2.45. The lowest BCUT2D eigenvalue weighted by Crippen LogP contribution is -1.99. The van der Waals surface area contributed by atoms with Gasteiger partial charge in [-0.05, 0) is 18.2 Å². The molecule has 0 bridgehead atoms. The lowest BCUT2D eigenvalue weighted by Gasteiger charge is -2.09. The summed E-state index contributed by atoms with van der Waals surface area (Å²) in [6.07, 6.45) is 2.95. The minimum absolute atomic E-state index is 0.472. The van der Waals surface area contributed by atoms with Crippen LogP contribution < -0.4 is 15.8 Å². The number of nitrogen functional groups attached to an aromatic ring is 1. The first-order valence-corrected chi connectivity index (χ1v) is 5.24. The Kier molecular flexibility index (Phi) is 3.30. The van der Waals surface area contributed by atoms with Gasteiger partial charge in [-0.1, -0.05) is 11.6 Å². The van der Waals surface area contributed by atoms with Gasteiger partial charge in [-0.15, -0.1) is 0 Å². The van der Waals surface area contributed by atoms with Gasteiger partial charge in [0.1, 0.15) is 12.1 Å². The van der Waals surface area contributed by atoms with Crippen LogP contribution in [-0.4, -0.2) is 17.1 Å². The molecular weight excluding hydrogens is 240 g/mol. The molecule has 0 aliphatic rings. The second kappa shape index (κ2) is 4.88. The van der Waals surface area contributed by atoms with Crippen molar-refractivity contribution in [2.45, 2.75) is 0 Å². The average molecular weight is 251 g/mol. The summed E-state index contributed by atoms with van der Waals surface area (Å²) in [6.45, 7) is 0. The van der Waals surface area contributed by atoms with E-state index in [1.807, 2.05) is 6.07 Å². The molecule has 3 N–H and O–H groups in total. The summed E-state index contributed by atoms with van der Waals surface area (Å²) in [6, 6.07) is 5.33. The number of hydrogen-bond acceptors (Lipinski definition) is 5. The fraction of sp³-hybridized carbons (Fsp3) is 0.0909. The van der Waals surface area contributed by atoms with Crippen molar-refractivity contribution in [3.63, 3.8) is 0 Å². The van der Waals surface area contributed by atoms with Gasteiger partial charge in [-0.25, -0.2) is 9.97 Å². The van der Waals surface area contributed by atoms with E-state index in [1.165, 1.54) is 12.5 Å². The number of nitrogens with zero attached hydrogens (tertiary/aromatic N) is 2. The molecule has 1 aromatic heterocycles. The number of nitrogens with two attached hydrogens (primary N) is 1. The van der Waals surface area contributed by atoms with E-state index >= 15 is 0 Å². The molecule has 0 radical (unpaired) electrons. The van der Waals surface area contributed by atoms with Gasteiger partial charge in [0.15, 0.2) is 5.82 Å². The fourth-order valence-corrected chi connectivity index (χ4v) is 1.58. The Bertz CT molecular complexity index is 533. The third kappa shape index (κ3) is 2.57. The maximum Gasteiger partial charge on any atom is 0.157 e. The number of anilines is 3. The van der Waals surface area contributed by atoms with Gasteiger partial charge in [0.2, 0.25) is 0 Å². The van der Waals surface area contributed by atoms with E-state index in [-0.39, 0.29) is 0 Å². The molecule has 0 saturated carbocycles. The maximum absolute atomic E-state index is 6.01. The van der Waals surface area contributed by atoms with Gasteiger partial charge in [-0.3, -0.25) is 0 Å². The van der Waals surface area contributed by atoms with Crippen molar-refractivity contribution in [1.29, 1.82) is 0 Å². The first kappa shape index (κ1) is 11.5. The minimum atomic E-state index is 0.472. The summed E-state index contributed by atoms with van der Waals surface area (Å²) in [5.74, 6) is 1.16. The first-order chi connectivity index (χ1) is 8.20. The molecule has 0 aliphatic heterocycles. The topological polar surface area (TPSA) is 73.1 Å². The Labute approximate surface area is 104 Å². The monoisotopic (exact) mass is 250 g/mol. The molecule has 5 nitrogen and oxygen atoms in total. The molecule has 0 saturated heterocycles. The molecule has 0 amide bonds. The Morgan fingerprint density at radius 1 is 1.41 bits per heavy atom. The predicted molar refractivity (Wildman–Crippen MR) is 67.7 cm³/mol. The highest BCUT2D eigenvalue weighted by molar-refractivity contribution is 6.32. The Hall–Kier alpha value is -2.01. The number of methoxy groups -OCH3 is 1. The van der Waals surface area contributed by atoms with Gasteiger partial charge in [0.25, 0.3) is 0 Å². The van der Waals surface area contributed by atoms with E-state index in [9.17, 15) is 0 Å². The molecule has 2 rings (SSSR count). The van der Waals surface area contributed by atoms with E-state index in [0.29, 0.717) is 22.3 Å². The number of benzene rings is 1. The second-order valence-electron chi connectivity index (χ2n) is 3.30. The first-order valence-electron chi connectivity index (χ1n) is 4.86. The van der Waals surface area contributed by atoms with Crippen molar-refractivity contribution in [1.82, 2.24) is 9.97 Å². The molecule has 1 aromatic carbocycles. The van der Waals surface area contributed by atoms with Crippen LogP contribution in [0.3, 0.4) is 0 Å². The van der Waals surface area contributed by atoms with Crippen molar-refractivity contribution in [2.75, 3.05) is 18.2 Å². The van der Waals surface area contributed by atoms with E-state index < -0.39 is 0 Å². The van der Waals surface area contributed by atoms with Gasteiger partial charge >= 0.3 is 0 Å². The Morgan fingerprint density at radius 2 is 2.24 bits per heavy atom. The number of halogens is 1. The largest absolute Gasteiger partial charge is 0.495 e. The normalized spacial score (nSPS) is 10.0. The summed E-state index contributed by atoms with van der Waals surface area (Å²) in [4.78, 5) is 7.83. The van der Waals surface area contributed by atoms with Gasteiger partial charge in [-0.2, -0.15) is 0 Å². The van der Waals surface area contributed by atoms with Gasteiger partial charge < -0.3 is 15.8 Å². The zero-order valence-corrected chi connectivity index (χ0v) is 9.90. The van der Waals surface area contributed by atoms with Crippen molar-refractivity contribution in [3.8, 4) is 5.75 Å². The lowest BCUT2D eigenvalue weighted by molar-refractivity contribution is 0.415. The SMILES string of the molecule is COc1ccc(Nc2ncncc2N)cc1Cl. The zero-order valence-electron chi connectivity index (χ0n) is 9.14. The van der Waals surface area contributed by atoms with E-state index in [0.717, 1.165) is 5.69 Å². The molecular formula is C11H11ClN4O. The Morgan fingerprint density at radius 3 is 2.88 bits per heavy atom. The number of rotatable bonds is 3. The van der Waals surface area contributed by atoms with E-state index in [4.69, 9.17) is 22.1 Å². The van der Waals surface area contributed by atoms with Crippen LogP contribution in [0.15, 0.2) is 30.7 Å². The van der Waals surface area contributed by atoms with Gasteiger partial charge in [0.05, 0.1) is 24.0 Å². The molecule has 2 aromatic rings. The Balaban J connectivity index is 2.25. The van der Waals surface area contributed by atoms with Crippen molar-refractivity contribution >= 4 is 28.8 Å². The highest BCUT2D eigenvalue weighted by Crippen LogP contribution is 2.29. The van der Waals surface area contributed by atoms with Crippen LogP contribution >= 0.6 is 11.6 Å². The van der Waals surface area contributed by atoms with Crippen molar-refractivity contribution in [3.05, 3.63) is 35.7 Å². The molecule has 0 fully saturated rings. The van der Waals surface area contributed by atoms with Crippen LogP contribution in [0.25, 0.3) is 0 Å². The van der Waals surface area contributed by atoms with Crippen molar-refractivity contribution in [2.24, 2.45) is 0 Å². The van der Waals surface area contributed by atoms with Crippen LogP contribution in [0.1, 0.15) is 0 Å².